The highest BCUT2D eigenvalue weighted by molar-refractivity contribution is 5.99. The highest BCUT2D eigenvalue weighted by Gasteiger charge is 2.42. The van der Waals surface area contributed by atoms with Crippen LogP contribution in [0.15, 0.2) is 48.5 Å². The van der Waals surface area contributed by atoms with Crippen molar-refractivity contribution in [2.45, 2.75) is 37.5 Å². The largest absolute Gasteiger partial charge is 0.484 e. The molecule has 0 unspecified atom stereocenters. The summed E-state index contributed by atoms with van der Waals surface area (Å²) in [6.45, 7) is -0.206. The first kappa shape index (κ1) is 18.9. The smallest absolute Gasteiger partial charge is 0.255 e. The van der Waals surface area contributed by atoms with Crippen molar-refractivity contribution in [1.82, 2.24) is 0 Å². The van der Waals surface area contributed by atoms with E-state index in [1.54, 1.807) is 42.5 Å². The molecule has 2 amide bonds. The lowest BCUT2D eigenvalue weighted by Crippen LogP contribution is -2.42. The summed E-state index contributed by atoms with van der Waals surface area (Å²) in [6, 6.07) is 13.2. The quantitative estimate of drug-likeness (QED) is 0.816. The minimum atomic E-state index is -0.856. The Balaban J connectivity index is 1.79. The third-order valence-corrected chi connectivity index (χ3v) is 5.02. The van der Waals surface area contributed by atoms with E-state index in [1.165, 1.54) is 6.07 Å². The minimum absolute atomic E-state index is 0.196. The van der Waals surface area contributed by atoms with Crippen LogP contribution in [-0.4, -0.2) is 18.4 Å². The average Bonchev–Trinajstić information content (AvgIpc) is 2.68. The minimum Gasteiger partial charge on any atom is -0.484 e. The van der Waals surface area contributed by atoms with E-state index < -0.39 is 11.3 Å². The summed E-state index contributed by atoms with van der Waals surface area (Å²) in [5, 5.41) is 2.92. The fourth-order valence-corrected chi connectivity index (χ4v) is 3.66. The molecule has 0 atom stereocenters. The van der Waals surface area contributed by atoms with Crippen LogP contribution in [0.5, 0.6) is 5.75 Å². The lowest BCUT2D eigenvalue weighted by Gasteiger charge is -2.36. The van der Waals surface area contributed by atoms with Crippen LogP contribution in [0.3, 0.4) is 0 Å². The maximum atomic E-state index is 14.5. The van der Waals surface area contributed by atoms with Crippen LogP contribution in [-0.2, 0) is 15.0 Å². The number of amides is 2. The van der Waals surface area contributed by atoms with Crippen molar-refractivity contribution in [2.75, 3.05) is 11.9 Å². The van der Waals surface area contributed by atoms with E-state index in [1.807, 2.05) is 0 Å². The van der Waals surface area contributed by atoms with Crippen molar-refractivity contribution in [2.24, 2.45) is 5.73 Å². The van der Waals surface area contributed by atoms with Crippen molar-refractivity contribution >= 4 is 17.5 Å². The van der Waals surface area contributed by atoms with E-state index in [2.05, 4.69) is 5.32 Å². The molecular weight excluding hydrogens is 347 g/mol. The normalized spacial score (nSPS) is 15.7. The van der Waals surface area contributed by atoms with Crippen LogP contribution in [0.1, 0.15) is 37.7 Å². The molecule has 1 aliphatic rings. The van der Waals surface area contributed by atoms with Gasteiger partial charge in [-0.05, 0) is 43.2 Å². The van der Waals surface area contributed by atoms with E-state index in [0.717, 1.165) is 19.3 Å². The summed E-state index contributed by atoms with van der Waals surface area (Å²) in [4.78, 5) is 23.9. The van der Waals surface area contributed by atoms with Gasteiger partial charge in [0.05, 0.1) is 5.41 Å². The molecule has 1 saturated carbocycles. The molecule has 2 aromatic rings. The Labute approximate surface area is 157 Å². The predicted molar refractivity (Wildman–Crippen MR) is 101 cm³/mol. The molecular formula is C21H23FN2O3. The maximum absolute atomic E-state index is 14.5. The number of rotatable bonds is 6. The SMILES string of the molecule is NC(=O)COc1ccc(NC(=O)C2(c3ccccc3F)CCCCC2)cc1. The highest BCUT2D eigenvalue weighted by Crippen LogP contribution is 2.41. The summed E-state index contributed by atoms with van der Waals surface area (Å²) < 4.78 is 19.7. The van der Waals surface area contributed by atoms with Gasteiger partial charge in [-0.3, -0.25) is 9.59 Å². The van der Waals surface area contributed by atoms with Crippen LogP contribution in [0, 0.1) is 5.82 Å². The Hall–Kier alpha value is -2.89. The zero-order valence-electron chi connectivity index (χ0n) is 15.0. The fraction of sp³-hybridized carbons (Fsp3) is 0.333. The third-order valence-electron chi connectivity index (χ3n) is 5.02. The van der Waals surface area contributed by atoms with E-state index in [0.29, 0.717) is 29.8 Å². The van der Waals surface area contributed by atoms with Crippen molar-refractivity contribution in [1.29, 1.82) is 0 Å². The van der Waals surface area contributed by atoms with Gasteiger partial charge in [0.25, 0.3) is 5.91 Å². The number of halogens is 1. The van der Waals surface area contributed by atoms with Gasteiger partial charge in [0.15, 0.2) is 6.61 Å². The molecule has 3 rings (SSSR count). The number of carbonyl (C=O) groups is 2. The number of ether oxygens (including phenoxy) is 1. The monoisotopic (exact) mass is 370 g/mol. The number of nitrogens with two attached hydrogens (primary N) is 1. The first-order valence-corrected chi connectivity index (χ1v) is 9.09. The maximum Gasteiger partial charge on any atom is 0.255 e. The number of primary amides is 1. The summed E-state index contributed by atoms with van der Waals surface area (Å²) in [5.74, 6) is -0.618. The van der Waals surface area contributed by atoms with Gasteiger partial charge in [0, 0.05) is 11.3 Å². The highest BCUT2D eigenvalue weighted by atomic mass is 19.1. The van der Waals surface area contributed by atoms with Gasteiger partial charge in [0.2, 0.25) is 5.91 Å². The molecule has 0 spiro atoms. The molecule has 5 nitrogen and oxygen atoms in total. The molecule has 0 aliphatic heterocycles. The number of hydrogen-bond donors (Lipinski definition) is 2. The number of anilines is 1. The molecule has 0 aromatic heterocycles. The zero-order chi connectivity index (χ0) is 19.3. The van der Waals surface area contributed by atoms with Crippen LogP contribution < -0.4 is 15.8 Å². The molecule has 0 heterocycles. The van der Waals surface area contributed by atoms with Gasteiger partial charge in [-0.15, -0.1) is 0 Å². The summed E-state index contributed by atoms with van der Waals surface area (Å²) in [7, 11) is 0. The Morgan fingerprint density at radius 1 is 1.04 bits per heavy atom. The fourth-order valence-electron chi connectivity index (χ4n) is 3.66. The molecule has 0 radical (unpaired) electrons. The lowest BCUT2D eigenvalue weighted by atomic mass is 9.68. The molecule has 0 saturated heterocycles. The lowest BCUT2D eigenvalue weighted by molar-refractivity contribution is -0.123. The molecule has 2 aromatic carbocycles. The number of carbonyl (C=O) groups excluding carboxylic acids is 2. The second kappa shape index (κ2) is 8.20. The Kier molecular flexibility index (Phi) is 5.74. The molecule has 6 heteroatoms. The number of benzene rings is 2. The Morgan fingerprint density at radius 3 is 2.33 bits per heavy atom. The van der Waals surface area contributed by atoms with Crippen LogP contribution in [0.2, 0.25) is 0 Å². The van der Waals surface area contributed by atoms with E-state index >= 15 is 0 Å². The van der Waals surface area contributed by atoms with Crippen LogP contribution in [0.4, 0.5) is 10.1 Å². The summed E-state index contributed by atoms with van der Waals surface area (Å²) >= 11 is 0. The van der Waals surface area contributed by atoms with Crippen LogP contribution >= 0.6 is 0 Å². The summed E-state index contributed by atoms with van der Waals surface area (Å²) in [6.07, 6.45) is 4.08. The first-order valence-electron chi connectivity index (χ1n) is 9.09. The van der Waals surface area contributed by atoms with Gasteiger partial charge < -0.3 is 15.8 Å². The Morgan fingerprint density at radius 2 is 1.70 bits per heavy atom. The summed E-state index contributed by atoms with van der Waals surface area (Å²) in [5.41, 5.74) is 5.24. The van der Waals surface area contributed by atoms with Crippen molar-refractivity contribution in [3.05, 3.63) is 59.9 Å². The van der Waals surface area contributed by atoms with Crippen molar-refractivity contribution < 1.29 is 18.7 Å². The second-order valence-corrected chi connectivity index (χ2v) is 6.86. The molecule has 27 heavy (non-hydrogen) atoms. The standard InChI is InChI=1S/C21H23FN2O3/c22-18-7-3-2-6-17(18)21(12-4-1-5-13-21)20(26)24-15-8-10-16(11-9-15)27-14-19(23)25/h2-3,6-11H,1,4-5,12-14H2,(H2,23,25)(H,24,26). The Bertz CT molecular complexity index is 814. The van der Waals surface area contributed by atoms with Gasteiger partial charge >= 0.3 is 0 Å². The van der Waals surface area contributed by atoms with E-state index in [9.17, 15) is 14.0 Å². The topological polar surface area (TPSA) is 81.4 Å². The average molecular weight is 370 g/mol. The predicted octanol–water partition coefficient (Wildman–Crippen LogP) is 3.53. The van der Waals surface area contributed by atoms with Gasteiger partial charge in [-0.25, -0.2) is 4.39 Å². The van der Waals surface area contributed by atoms with Crippen LogP contribution in [0.25, 0.3) is 0 Å². The first-order chi connectivity index (χ1) is 13.0. The van der Waals surface area contributed by atoms with E-state index in [4.69, 9.17) is 10.5 Å². The molecule has 1 fully saturated rings. The van der Waals surface area contributed by atoms with Gasteiger partial charge in [0.1, 0.15) is 11.6 Å². The zero-order valence-corrected chi connectivity index (χ0v) is 15.0. The molecule has 0 bridgehead atoms. The molecule has 3 N–H and O–H groups in total. The molecule has 1 aliphatic carbocycles. The number of hydrogen-bond acceptors (Lipinski definition) is 3. The second-order valence-electron chi connectivity index (χ2n) is 6.86. The van der Waals surface area contributed by atoms with Gasteiger partial charge in [-0.2, -0.15) is 0 Å². The third kappa shape index (κ3) is 4.27. The molecule has 142 valence electrons. The van der Waals surface area contributed by atoms with Gasteiger partial charge in [-0.1, -0.05) is 37.5 Å². The van der Waals surface area contributed by atoms with Crippen molar-refractivity contribution in [3.63, 3.8) is 0 Å². The van der Waals surface area contributed by atoms with E-state index in [-0.39, 0.29) is 18.3 Å². The number of nitrogens with one attached hydrogen (secondary N) is 1. The van der Waals surface area contributed by atoms with Crippen molar-refractivity contribution in [3.8, 4) is 5.75 Å².